The highest BCUT2D eigenvalue weighted by atomic mass is 32.2. The van der Waals surface area contributed by atoms with Gasteiger partial charge in [0.1, 0.15) is 5.75 Å². The zero-order valence-corrected chi connectivity index (χ0v) is 15.0. The molecule has 1 unspecified atom stereocenters. The number of rotatable bonds is 4. The van der Waals surface area contributed by atoms with E-state index in [9.17, 15) is 8.42 Å². The number of nitrogens with zero attached hydrogens (tertiary/aromatic N) is 1. The zero-order chi connectivity index (χ0) is 16.4. The zero-order valence-electron chi connectivity index (χ0n) is 13.3. The summed E-state index contributed by atoms with van der Waals surface area (Å²) in [5.74, 6) is 0.656. The van der Waals surface area contributed by atoms with Gasteiger partial charge in [-0.25, -0.2) is 8.42 Å². The van der Waals surface area contributed by atoms with Crippen LogP contribution in [0.3, 0.4) is 0 Å². The average molecular weight is 357 g/mol. The van der Waals surface area contributed by atoms with Crippen molar-refractivity contribution < 1.29 is 13.2 Å². The first-order chi connectivity index (χ1) is 11.0. The smallest absolute Gasteiger partial charge is 0.243 e. The molecular weight excluding hydrogens is 332 g/mol. The van der Waals surface area contributed by atoms with E-state index in [1.807, 2.05) is 0 Å². The molecule has 1 aromatic rings. The molecule has 5 nitrogen and oxygen atoms in total. The number of hydrogen-bond donors (Lipinski definition) is 2. The number of nitrogens with one attached hydrogen (secondary N) is 1. The number of methoxy groups -OCH3 is 1. The van der Waals surface area contributed by atoms with Crippen LogP contribution in [-0.2, 0) is 10.0 Å². The fourth-order valence-electron chi connectivity index (χ4n) is 3.55. The number of piperidine rings is 1. The number of benzene rings is 1. The van der Waals surface area contributed by atoms with Crippen LogP contribution in [0.2, 0.25) is 0 Å². The summed E-state index contributed by atoms with van der Waals surface area (Å²) in [7, 11) is -1.94. The summed E-state index contributed by atoms with van der Waals surface area (Å²) in [4.78, 5) is 0.321. The molecule has 2 aliphatic heterocycles. The minimum absolute atomic E-state index is 0.00935. The van der Waals surface area contributed by atoms with E-state index in [-0.39, 0.29) is 17.3 Å². The Morgan fingerprint density at radius 3 is 2.61 bits per heavy atom. The van der Waals surface area contributed by atoms with E-state index in [2.05, 4.69) is 17.9 Å². The summed E-state index contributed by atoms with van der Waals surface area (Å²) in [6.45, 7) is 1.44. The van der Waals surface area contributed by atoms with E-state index in [1.54, 1.807) is 35.7 Å². The van der Waals surface area contributed by atoms with Crippen LogP contribution in [0, 0.1) is 0 Å². The molecule has 2 heterocycles. The highest BCUT2D eigenvalue weighted by Crippen LogP contribution is 2.33. The van der Waals surface area contributed by atoms with Gasteiger partial charge in [-0.3, -0.25) is 0 Å². The largest absolute Gasteiger partial charge is 0.497 e. The second kappa shape index (κ2) is 7.01. The van der Waals surface area contributed by atoms with E-state index in [0.717, 1.165) is 25.8 Å². The molecule has 1 N–H and O–H groups in total. The number of sulfonamides is 1. The lowest BCUT2D eigenvalue weighted by molar-refractivity contribution is 0.264. The molecule has 0 spiro atoms. The molecular formula is C16H24N2O3S2. The van der Waals surface area contributed by atoms with Crippen molar-refractivity contribution in [3.8, 4) is 5.75 Å². The van der Waals surface area contributed by atoms with Crippen molar-refractivity contribution >= 4 is 22.7 Å². The SMILES string of the molecule is COc1ccc(S(=O)(=O)N2C[C@@H](S)CC2[C@@H]2CCCCN2)cc1. The number of ether oxygens (including phenoxy) is 1. The molecule has 3 rings (SSSR count). The third kappa shape index (κ3) is 3.52. The van der Waals surface area contributed by atoms with Crippen molar-refractivity contribution in [1.82, 2.24) is 9.62 Å². The molecule has 0 aliphatic carbocycles. The van der Waals surface area contributed by atoms with Crippen molar-refractivity contribution in [2.24, 2.45) is 0 Å². The second-order valence-corrected chi connectivity index (χ2v) is 8.88. The number of hydrogen-bond acceptors (Lipinski definition) is 5. The minimum Gasteiger partial charge on any atom is -0.497 e. The lowest BCUT2D eigenvalue weighted by Crippen LogP contribution is -2.50. The van der Waals surface area contributed by atoms with Crippen molar-refractivity contribution in [2.45, 2.75) is 47.9 Å². The van der Waals surface area contributed by atoms with Gasteiger partial charge >= 0.3 is 0 Å². The summed E-state index contributed by atoms with van der Waals surface area (Å²) in [5.41, 5.74) is 0. The molecule has 0 aromatic heterocycles. The first kappa shape index (κ1) is 17.1. The molecule has 1 aromatic carbocycles. The van der Waals surface area contributed by atoms with Gasteiger partial charge in [-0.2, -0.15) is 16.9 Å². The van der Waals surface area contributed by atoms with Crippen LogP contribution < -0.4 is 10.1 Å². The Labute approximate surface area is 143 Å². The maximum Gasteiger partial charge on any atom is 0.243 e. The molecule has 3 atom stereocenters. The minimum atomic E-state index is -3.51. The summed E-state index contributed by atoms with van der Waals surface area (Å²) in [6, 6.07) is 6.83. The van der Waals surface area contributed by atoms with Crippen LogP contribution >= 0.6 is 12.6 Å². The maximum atomic E-state index is 13.1. The van der Waals surface area contributed by atoms with Crippen molar-refractivity contribution in [1.29, 1.82) is 0 Å². The third-order valence-corrected chi connectivity index (χ3v) is 7.03. The van der Waals surface area contributed by atoms with Gasteiger partial charge in [0, 0.05) is 23.9 Å². The summed E-state index contributed by atoms with van der Waals surface area (Å²) in [6.07, 6.45) is 4.15. The molecule has 2 aliphatic rings. The Kier molecular flexibility index (Phi) is 5.20. The third-order valence-electron chi connectivity index (χ3n) is 4.75. The summed E-state index contributed by atoms with van der Waals surface area (Å²) < 4.78 is 32.9. The molecule has 2 fully saturated rings. The summed E-state index contributed by atoms with van der Waals surface area (Å²) >= 11 is 4.55. The fourth-order valence-corrected chi connectivity index (χ4v) is 5.76. The van der Waals surface area contributed by atoms with Gasteiger partial charge < -0.3 is 10.1 Å². The standard InChI is InChI=1S/C16H24N2O3S2/c1-21-12-5-7-14(8-6-12)23(19,20)18-11-13(22)10-16(18)15-4-2-3-9-17-15/h5-8,13,15-17,22H,2-4,9-11H2,1H3/t13-,15-,16?/m0/s1. The lowest BCUT2D eigenvalue weighted by atomic mass is 9.97. The van der Waals surface area contributed by atoms with Crippen molar-refractivity contribution in [3.63, 3.8) is 0 Å². The van der Waals surface area contributed by atoms with E-state index >= 15 is 0 Å². The van der Waals surface area contributed by atoms with Crippen molar-refractivity contribution in [3.05, 3.63) is 24.3 Å². The molecule has 23 heavy (non-hydrogen) atoms. The molecule has 128 valence electrons. The van der Waals surface area contributed by atoms with Crippen LogP contribution in [0.25, 0.3) is 0 Å². The Bertz CT molecular complexity index is 627. The molecule has 0 saturated carbocycles. The van der Waals surface area contributed by atoms with Gasteiger partial charge in [0.15, 0.2) is 0 Å². The van der Waals surface area contributed by atoms with E-state index in [0.29, 0.717) is 17.2 Å². The highest BCUT2D eigenvalue weighted by Gasteiger charge is 2.42. The van der Waals surface area contributed by atoms with Crippen LogP contribution in [0.4, 0.5) is 0 Å². The van der Waals surface area contributed by atoms with Crippen LogP contribution in [0.15, 0.2) is 29.2 Å². The molecule has 0 amide bonds. The first-order valence-electron chi connectivity index (χ1n) is 8.09. The maximum absolute atomic E-state index is 13.1. The lowest BCUT2D eigenvalue weighted by Gasteiger charge is -2.34. The Morgan fingerprint density at radius 1 is 1.26 bits per heavy atom. The predicted molar refractivity (Wildman–Crippen MR) is 93.7 cm³/mol. The van der Waals surface area contributed by atoms with Gasteiger partial charge in [0.05, 0.1) is 12.0 Å². The van der Waals surface area contributed by atoms with Gasteiger partial charge in [0.25, 0.3) is 0 Å². The topological polar surface area (TPSA) is 58.6 Å². The Hall–Kier alpha value is -0.760. The van der Waals surface area contributed by atoms with Crippen LogP contribution in [0.5, 0.6) is 5.75 Å². The molecule has 2 saturated heterocycles. The Balaban J connectivity index is 1.86. The monoisotopic (exact) mass is 356 g/mol. The summed E-state index contributed by atoms with van der Waals surface area (Å²) in [5, 5.41) is 3.59. The first-order valence-corrected chi connectivity index (χ1v) is 10.1. The van der Waals surface area contributed by atoms with Crippen molar-refractivity contribution in [2.75, 3.05) is 20.2 Å². The molecule has 0 bridgehead atoms. The van der Waals surface area contributed by atoms with E-state index < -0.39 is 10.0 Å². The highest BCUT2D eigenvalue weighted by molar-refractivity contribution is 7.89. The second-order valence-electron chi connectivity index (χ2n) is 6.26. The Morgan fingerprint density at radius 2 is 2.00 bits per heavy atom. The normalized spacial score (nSPS) is 29.6. The molecule has 7 heteroatoms. The quantitative estimate of drug-likeness (QED) is 0.809. The van der Waals surface area contributed by atoms with Gasteiger partial charge in [-0.05, 0) is 50.1 Å². The van der Waals surface area contributed by atoms with Gasteiger partial charge in [-0.15, -0.1) is 0 Å². The van der Waals surface area contributed by atoms with E-state index in [1.165, 1.54) is 6.42 Å². The van der Waals surface area contributed by atoms with Crippen LogP contribution in [-0.4, -0.2) is 50.3 Å². The van der Waals surface area contributed by atoms with Gasteiger partial charge in [-0.1, -0.05) is 6.42 Å². The van der Waals surface area contributed by atoms with Crippen LogP contribution in [0.1, 0.15) is 25.7 Å². The van der Waals surface area contributed by atoms with Gasteiger partial charge in [0.2, 0.25) is 10.0 Å². The number of thiol groups is 1. The average Bonchev–Trinajstić information content (AvgIpc) is 2.98. The fraction of sp³-hybridized carbons (Fsp3) is 0.625. The molecule has 0 radical (unpaired) electrons. The van der Waals surface area contributed by atoms with E-state index in [4.69, 9.17) is 4.74 Å². The predicted octanol–water partition coefficient (Wildman–Crippen LogP) is 1.90.